The smallest absolute Gasteiger partial charge is 0.221 e. The Morgan fingerprint density at radius 3 is 2.48 bits per heavy atom. The topological polar surface area (TPSA) is 38.4 Å². The molecule has 5 nitrogen and oxygen atoms in total. The lowest BCUT2D eigenvalue weighted by molar-refractivity contribution is 0.169. The highest BCUT2D eigenvalue weighted by Crippen LogP contribution is 2.32. The number of fused-ring (bicyclic) bond motifs is 3. The predicted octanol–water partition coefficient (Wildman–Crippen LogP) is 6.17. The van der Waals surface area contributed by atoms with Crippen molar-refractivity contribution in [1.82, 2.24) is 23.8 Å². The molecule has 5 heteroatoms. The molecule has 0 saturated heterocycles. The fourth-order valence-electron chi connectivity index (χ4n) is 5.70. The van der Waals surface area contributed by atoms with Crippen LogP contribution in [-0.2, 0) is 13.0 Å². The summed E-state index contributed by atoms with van der Waals surface area (Å²) in [5, 5.41) is 0. The van der Waals surface area contributed by atoms with Crippen LogP contribution in [0.5, 0.6) is 0 Å². The number of aromatic nitrogens is 4. The van der Waals surface area contributed by atoms with Crippen LogP contribution in [0.15, 0.2) is 30.5 Å². The van der Waals surface area contributed by atoms with E-state index in [4.69, 9.17) is 9.97 Å². The first-order chi connectivity index (χ1) is 16.0. The second-order valence-corrected chi connectivity index (χ2v) is 9.96. The summed E-state index contributed by atoms with van der Waals surface area (Å²) < 4.78 is 4.68. The molecule has 0 spiro atoms. The number of pyridine rings is 1. The van der Waals surface area contributed by atoms with Crippen LogP contribution in [0.4, 0.5) is 0 Å². The summed E-state index contributed by atoms with van der Waals surface area (Å²) in [5.74, 6) is 1.86. The molecule has 1 fully saturated rings. The number of hydrogen-bond donors (Lipinski definition) is 0. The van der Waals surface area contributed by atoms with Gasteiger partial charge in [-0.3, -0.25) is 13.9 Å². The average molecular weight is 444 g/mol. The van der Waals surface area contributed by atoms with Gasteiger partial charge in [0.1, 0.15) is 0 Å². The molecule has 174 valence electrons. The highest BCUT2D eigenvalue weighted by atomic mass is 15.3. The monoisotopic (exact) mass is 443 g/mol. The lowest BCUT2D eigenvalue weighted by atomic mass is 9.85. The minimum Gasteiger partial charge on any atom is -0.297 e. The van der Waals surface area contributed by atoms with Crippen molar-refractivity contribution in [3.8, 4) is 5.69 Å². The van der Waals surface area contributed by atoms with Gasteiger partial charge in [0.2, 0.25) is 5.78 Å². The van der Waals surface area contributed by atoms with Gasteiger partial charge in [0.25, 0.3) is 0 Å². The van der Waals surface area contributed by atoms with Crippen LogP contribution in [0.1, 0.15) is 67.6 Å². The van der Waals surface area contributed by atoms with E-state index in [2.05, 4.69) is 72.8 Å². The van der Waals surface area contributed by atoms with Crippen molar-refractivity contribution in [2.45, 2.75) is 73.3 Å². The second-order valence-electron chi connectivity index (χ2n) is 9.96. The Hall–Kier alpha value is -2.66. The highest BCUT2D eigenvalue weighted by Gasteiger charge is 2.26. The Balaban J connectivity index is 1.71. The van der Waals surface area contributed by atoms with E-state index in [0.29, 0.717) is 0 Å². The van der Waals surface area contributed by atoms with E-state index in [1.807, 2.05) is 6.20 Å². The summed E-state index contributed by atoms with van der Waals surface area (Å²) in [5.41, 5.74) is 9.70. The zero-order valence-electron chi connectivity index (χ0n) is 20.9. The molecule has 1 aliphatic carbocycles. The predicted molar refractivity (Wildman–Crippen MR) is 136 cm³/mol. The fraction of sp³-hybridized carbons (Fsp3) is 0.500. The van der Waals surface area contributed by atoms with Crippen molar-refractivity contribution in [3.63, 3.8) is 0 Å². The van der Waals surface area contributed by atoms with Crippen LogP contribution in [0.25, 0.3) is 22.6 Å². The third-order valence-corrected chi connectivity index (χ3v) is 7.31. The molecule has 1 saturated carbocycles. The summed E-state index contributed by atoms with van der Waals surface area (Å²) in [6, 6.07) is 8.78. The summed E-state index contributed by atoms with van der Waals surface area (Å²) in [7, 11) is 0. The molecule has 0 N–H and O–H groups in total. The van der Waals surface area contributed by atoms with Crippen LogP contribution in [-0.4, -0.2) is 36.9 Å². The van der Waals surface area contributed by atoms with E-state index in [1.54, 1.807) is 0 Å². The van der Waals surface area contributed by atoms with Crippen LogP contribution >= 0.6 is 0 Å². The van der Waals surface area contributed by atoms with Gasteiger partial charge >= 0.3 is 0 Å². The van der Waals surface area contributed by atoms with Crippen LogP contribution in [0.2, 0.25) is 0 Å². The SMILES string of the molecule is CCCN(Cc1c(CC)nc2n(-c3c(C)cc(C)cc3C)c3ncccc3n12)CC1CCC1. The van der Waals surface area contributed by atoms with Gasteiger partial charge < -0.3 is 0 Å². The van der Waals surface area contributed by atoms with E-state index >= 15 is 0 Å². The Kier molecular flexibility index (Phi) is 6.00. The quantitative estimate of drug-likeness (QED) is 0.327. The van der Waals surface area contributed by atoms with Gasteiger partial charge in [0.15, 0.2) is 5.65 Å². The van der Waals surface area contributed by atoms with Crippen molar-refractivity contribution in [2.24, 2.45) is 5.92 Å². The highest BCUT2D eigenvalue weighted by molar-refractivity contribution is 5.81. The fourth-order valence-corrected chi connectivity index (χ4v) is 5.70. The molecule has 33 heavy (non-hydrogen) atoms. The summed E-state index contributed by atoms with van der Waals surface area (Å²) in [4.78, 5) is 12.7. The maximum absolute atomic E-state index is 5.24. The molecular formula is C28H37N5. The molecule has 3 aromatic heterocycles. The Labute approximate surface area is 197 Å². The van der Waals surface area contributed by atoms with Crippen LogP contribution in [0, 0.1) is 26.7 Å². The van der Waals surface area contributed by atoms with Crippen molar-refractivity contribution < 1.29 is 0 Å². The molecule has 0 radical (unpaired) electrons. The number of aryl methyl sites for hydroxylation is 4. The first-order valence-electron chi connectivity index (χ1n) is 12.7. The summed E-state index contributed by atoms with van der Waals surface area (Å²) >= 11 is 0. The average Bonchev–Trinajstić information content (AvgIpc) is 3.25. The van der Waals surface area contributed by atoms with E-state index in [1.165, 1.54) is 66.0 Å². The first kappa shape index (κ1) is 22.1. The van der Waals surface area contributed by atoms with Gasteiger partial charge in [-0.1, -0.05) is 38.0 Å². The van der Waals surface area contributed by atoms with Gasteiger partial charge in [-0.15, -0.1) is 0 Å². The number of hydrogen-bond acceptors (Lipinski definition) is 3. The molecule has 0 aliphatic heterocycles. The zero-order chi connectivity index (χ0) is 23.1. The third kappa shape index (κ3) is 3.86. The second kappa shape index (κ2) is 8.94. The third-order valence-electron chi connectivity index (χ3n) is 7.31. The van der Waals surface area contributed by atoms with E-state index in [0.717, 1.165) is 42.4 Å². The van der Waals surface area contributed by atoms with Gasteiger partial charge in [-0.05, 0) is 82.2 Å². The maximum atomic E-state index is 5.24. The molecule has 1 aromatic carbocycles. The van der Waals surface area contributed by atoms with Crippen molar-refractivity contribution in [1.29, 1.82) is 0 Å². The molecule has 0 bridgehead atoms. The molecular weight excluding hydrogens is 406 g/mol. The Morgan fingerprint density at radius 1 is 1.09 bits per heavy atom. The number of rotatable bonds is 8. The van der Waals surface area contributed by atoms with Crippen LogP contribution in [0.3, 0.4) is 0 Å². The summed E-state index contributed by atoms with van der Waals surface area (Å²) in [6.07, 6.45) is 8.19. The van der Waals surface area contributed by atoms with E-state index < -0.39 is 0 Å². The molecule has 4 aromatic rings. The van der Waals surface area contributed by atoms with Crippen molar-refractivity contribution in [2.75, 3.05) is 13.1 Å². The van der Waals surface area contributed by atoms with Crippen molar-refractivity contribution in [3.05, 3.63) is 58.5 Å². The molecule has 3 heterocycles. The first-order valence-corrected chi connectivity index (χ1v) is 12.7. The van der Waals surface area contributed by atoms with Crippen molar-refractivity contribution >= 4 is 16.9 Å². The zero-order valence-corrected chi connectivity index (χ0v) is 20.9. The Morgan fingerprint density at radius 2 is 1.85 bits per heavy atom. The Bertz CT molecular complexity index is 1270. The minimum atomic E-state index is 0.867. The van der Waals surface area contributed by atoms with E-state index in [-0.39, 0.29) is 0 Å². The minimum absolute atomic E-state index is 0.867. The lowest BCUT2D eigenvalue weighted by Crippen LogP contribution is -2.33. The molecule has 0 amide bonds. The lowest BCUT2D eigenvalue weighted by Gasteiger charge is -2.32. The maximum Gasteiger partial charge on any atom is 0.221 e. The van der Waals surface area contributed by atoms with E-state index in [9.17, 15) is 0 Å². The van der Waals surface area contributed by atoms with Gasteiger partial charge in [-0.2, -0.15) is 0 Å². The summed E-state index contributed by atoms with van der Waals surface area (Å²) in [6.45, 7) is 14.4. The number of nitrogens with zero attached hydrogens (tertiary/aromatic N) is 5. The molecule has 1 aliphatic rings. The molecule has 5 rings (SSSR count). The van der Waals surface area contributed by atoms with Gasteiger partial charge in [-0.25, -0.2) is 9.97 Å². The standard InChI is InChI=1S/C28H37N5/c1-6-14-31(17-22-10-8-11-22)18-25-23(7-2)30-28-32(25)24-12-9-13-29-27(24)33(28)26-20(4)15-19(3)16-21(26)5/h9,12-13,15-16,22H,6-8,10-11,14,17-18H2,1-5H3. The largest absolute Gasteiger partial charge is 0.297 e. The van der Waals surface area contributed by atoms with Gasteiger partial charge in [0, 0.05) is 19.3 Å². The molecule has 0 unspecified atom stereocenters. The van der Waals surface area contributed by atoms with Crippen LogP contribution < -0.4 is 0 Å². The number of benzene rings is 1. The molecule has 0 atom stereocenters. The normalized spacial score (nSPS) is 14.6. The van der Waals surface area contributed by atoms with Gasteiger partial charge in [0.05, 0.1) is 22.6 Å². The number of imidazole rings is 2.